The number of benzene rings is 1. The second-order valence-corrected chi connectivity index (χ2v) is 17.2. The predicted molar refractivity (Wildman–Crippen MR) is 195 cm³/mol. The molecule has 2 N–H and O–H groups in total. The molecule has 4 atom stereocenters. The molecule has 1 aromatic carbocycles. The molecule has 3 amide bonds. The van der Waals surface area contributed by atoms with Gasteiger partial charge in [-0.3, -0.25) is 24.0 Å². The number of aryl methyl sites for hydroxylation is 1. The molecule has 6 fully saturated rings. The minimum absolute atomic E-state index is 0.129. The summed E-state index contributed by atoms with van der Waals surface area (Å²) in [5, 5.41) is 9.79. The second-order valence-electron chi connectivity index (χ2n) is 17.2. The number of anilines is 1. The highest BCUT2D eigenvalue weighted by molar-refractivity contribution is 6.01. The van der Waals surface area contributed by atoms with Crippen molar-refractivity contribution in [2.24, 2.45) is 30.7 Å². The number of halogens is 4. The maximum Gasteiger partial charge on any atom is 0.416 e. The van der Waals surface area contributed by atoms with Crippen molar-refractivity contribution in [2.45, 2.75) is 99.9 Å². The number of piperidine rings is 1. The van der Waals surface area contributed by atoms with Crippen LogP contribution >= 0.6 is 0 Å². The van der Waals surface area contributed by atoms with Crippen LogP contribution in [0.25, 0.3) is 0 Å². The first-order valence-corrected chi connectivity index (χ1v) is 20.4. The number of carbonyl (C=O) groups excluding carboxylic acids is 3. The van der Waals surface area contributed by atoms with Gasteiger partial charge in [-0.15, -0.1) is 0 Å². The second kappa shape index (κ2) is 15.1. The lowest BCUT2D eigenvalue weighted by molar-refractivity contribution is -0.260. The van der Waals surface area contributed by atoms with Gasteiger partial charge in [-0.1, -0.05) is 0 Å². The molecular weight excluding hydrogens is 752 g/mol. The first-order valence-electron chi connectivity index (χ1n) is 20.4. The predicted octanol–water partition coefficient (Wildman–Crippen LogP) is 4.37. The number of alkyl halides is 3. The lowest BCUT2D eigenvalue weighted by atomic mass is 9.79. The van der Waals surface area contributed by atoms with E-state index in [0.29, 0.717) is 65.2 Å². The fraction of sp³-hybridized carbons (Fsp3) is 0.700. The van der Waals surface area contributed by atoms with Crippen molar-refractivity contribution in [3.05, 3.63) is 41.5 Å². The van der Waals surface area contributed by atoms with Crippen molar-refractivity contribution in [1.82, 2.24) is 24.9 Å². The number of rotatable bonds is 10. The Kier molecular flexibility index (Phi) is 10.3. The van der Waals surface area contributed by atoms with Gasteiger partial charge in [0.1, 0.15) is 35.0 Å². The fourth-order valence-corrected chi connectivity index (χ4v) is 9.82. The molecule has 310 valence electrons. The molecule has 7 aliphatic rings. The van der Waals surface area contributed by atoms with Crippen molar-refractivity contribution in [2.75, 3.05) is 51.4 Å². The lowest BCUT2D eigenvalue weighted by Crippen LogP contribution is -2.62. The smallest absolute Gasteiger partial charge is 0.416 e. The Labute approximate surface area is 328 Å². The quantitative estimate of drug-likeness (QED) is 0.336. The van der Waals surface area contributed by atoms with E-state index in [0.717, 1.165) is 25.7 Å². The van der Waals surface area contributed by atoms with Crippen LogP contribution in [0.3, 0.4) is 0 Å². The van der Waals surface area contributed by atoms with Crippen molar-refractivity contribution >= 4 is 23.4 Å². The zero-order valence-corrected chi connectivity index (χ0v) is 32.0. The highest BCUT2D eigenvalue weighted by atomic mass is 19.4. The molecule has 2 saturated carbocycles. The standard InChI is InChI=1S/C40H50F4N6O7/c1-48-29(6-11-45-48)36(51)47-34(33(22-2-3-22)23-4-5-23)37(52)46-28-17-31-26(16-27(28)41)30(18-39(57-31)9-12-49(13-10-39)25-20-55-21-25)50-19-32(40(42,43)44)56-35(38(50)53)24-7-14-54-15-8-24/h6,11,16-17,22-25,30,32-35H,2-5,7-10,12-15,18-21H2,1H3,(H,46,52)(H,47,51)/t30?,32?,34-,35?/m0/s1. The SMILES string of the molecule is Cn1nccc1C(=O)N[C@H](C(=O)Nc1cc2c(cc1F)C(N1CC(C(F)(F)F)OC(C3CCOCC3)C1=O)CC1(CCN(C3COC3)CC1)O2)C(C1CC1)C1CC1. The number of ether oxygens (including phenoxy) is 4. The van der Waals surface area contributed by atoms with Gasteiger partial charge >= 0.3 is 6.18 Å². The number of carbonyl (C=O) groups is 3. The Bertz CT molecular complexity index is 1840. The molecule has 9 rings (SSSR count). The number of fused-ring (bicyclic) bond motifs is 1. The fourth-order valence-electron chi connectivity index (χ4n) is 9.82. The molecule has 5 aliphatic heterocycles. The number of nitrogens with one attached hydrogen (secondary N) is 2. The molecule has 57 heavy (non-hydrogen) atoms. The molecule has 3 unspecified atom stereocenters. The minimum atomic E-state index is -4.74. The summed E-state index contributed by atoms with van der Waals surface area (Å²) < 4.78 is 84.7. The Morgan fingerprint density at radius 3 is 2.30 bits per heavy atom. The molecule has 17 heteroatoms. The molecular formula is C40H50F4N6O7. The van der Waals surface area contributed by atoms with E-state index in [4.69, 9.17) is 18.9 Å². The summed E-state index contributed by atoms with van der Waals surface area (Å²) in [4.78, 5) is 45.6. The largest absolute Gasteiger partial charge is 0.487 e. The van der Waals surface area contributed by atoms with Crippen molar-refractivity contribution in [3.63, 3.8) is 0 Å². The maximum absolute atomic E-state index is 16.5. The first-order chi connectivity index (χ1) is 27.4. The van der Waals surface area contributed by atoms with Gasteiger partial charge < -0.3 is 34.5 Å². The van der Waals surface area contributed by atoms with Crippen LogP contribution in [0.2, 0.25) is 0 Å². The topological polar surface area (TPSA) is 136 Å². The van der Waals surface area contributed by atoms with Crippen LogP contribution in [0.5, 0.6) is 5.75 Å². The number of aromatic nitrogens is 2. The zero-order chi connectivity index (χ0) is 39.6. The Balaban J connectivity index is 1.04. The van der Waals surface area contributed by atoms with E-state index >= 15 is 4.39 Å². The molecule has 4 saturated heterocycles. The lowest BCUT2D eigenvalue weighted by Gasteiger charge is -2.52. The number of amides is 3. The maximum atomic E-state index is 16.5. The third-order valence-corrected chi connectivity index (χ3v) is 13.4. The monoisotopic (exact) mass is 802 g/mol. The summed E-state index contributed by atoms with van der Waals surface area (Å²) in [5.41, 5.74) is -0.530. The highest BCUT2D eigenvalue weighted by Gasteiger charge is 2.55. The van der Waals surface area contributed by atoms with Gasteiger partial charge in [-0.25, -0.2) is 4.39 Å². The number of nitrogens with zero attached hydrogens (tertiary/aromatic N) is 4. The molecule has 13 nitrogen and oxygen atoms in total. The van der Waals surface area contributed by atoms with E-state index in [-0.39, 0.29) is 52.9 Å². The first kappa shape index (κ1) is 38.7. The molecule has 2 aromatic rings. The van der Waals surface area contributed by atoms with Gasteiger partial charge in [0.25, 0.3) is 11.8 Å². The average Bonchev–Trinajstić information content (AvgIpc) is 4.11. The molecule has 0 bridgehead atoms. The van der Waals surface area contributed by atoms with E-state index in [1.54, 1.807) is 13.1 Å². The molecule has 2 aliphatic carbocycles. The normalized spacial score (nSPS) is 27.8. The third kappa shape index (κ3) is 7.76. The average molecular weight is 803 g/mol. The summed E-state index contributed by atoms with van der Waals surface area (Å²) in [5.74, 6) is -2.30. The van der Waals surface area contributed by atoms with Crippen molar-refractivity contribution < 1.29 is 50.9 Å². The van der Waals surface area contributed by atoms with E-state index in [9.17, 15) is 27.6 Å². The van der Waals surface area contributed by atoms with Gasteiger partial charge in [0.15, 0.2) is 6.10 Å². The van der Waals surface area contributed by atoms with Crippen LogP contribution in [0.1, 0.15) is 79.9 Å². The number of hydrogen-bond donors (Lipinski definition) is 2. The van der Waals surface area contributed by atoms with Crippen LogP contribution in [0.15, 0.2) is 24.4 Å². The molecule has 1 spiro atoms. The van der Waals surface area contributed by atoms with E-state index < -0.39 is 72.1 Å². The van der Waals surface area contributed by atoms with Crippen LogP contribution < -0.4 is 15.4 Å². The van der Waals surface area contributed by atoms with Crippen LogP contribution in [-0.2, 0) is 30.8 Å². The Morgan fingerprint density at radius 2 is 1.70 bits per heavy atom. The summed E-state index contributed by atoms with van der Waals surface area (Å²) in [6.07, 6.45) is -1.07. The van der Waals surface area contributed by atoms with Crippen molar-refractivity contribution in [3.8, 4) is 5.75 Å². The number of likely N-dealkylation sites (tertiary alicyclic amines) is 1. The van der Waals surface area contributed by atoms with Gasteiger partial charge in [-0.2, -0.15) is 18.3 Å². The van der Waals surface area contributed by atoms with Gasteiger partial charge in [-0.05, 0) is 87.2 Å². The Morgan fingerprint density at radius 1 is 1.00 bits per heavy atom. The van der Waals surface area contributed by atoms with Crippen LogP contribution in [0.4, 0.5) is 23.2 Å². The third-order valence-electron chi connectivity index (χ3n) is 13.4. The van der Waals surface area contributed by atoms with E-state index in [1.165, 1.54) is 27.9 Å². The summed E-state index contributed by atoms with van der Waals surface area (Å²) in [6.45, 7) is 2.44. The van der Waals surface area contributed by atoms with E-state index in [1.807, 2.05) is 0 Å². The summed E-state index contributed by atoms with van der Waals surface area (Å²) in [7, 11) is 1.64. The van der Waals surface area contributed by atoms with Crippen molar-refractivity contribution in [1.29, 1.82) is 0 Å². The Hall–Kier alpha value is -3.80. The van der Waals surface area contributed by atoms with Gasteiger partial charge in [0.05, 0.1) is 37.5 Å². The van der Waals surface area contributed by atoms with Gasteiger partial charge in [0.2, 0.25) is 5.91 Å². The van der Waals surface area contributed by atoms with E-state index in [2.05, 4.69) is 20.6 Å². The molecule has 0 radical (unpaired) electrons. The minimum Gasteiger partial charge on any atom is -0.487 e. The van der Waals surface area contributed by atoms with Crippen LogP contribution in [-0.4, -0.2) is 119 Å². The number of hydrogen-bond acceptors (Lipinski definition) is 9. The number of morpholine rings is 1. The molecule has 6 heterocycles. The summed E-state index contributed by atoms with van der Waals surface area (Å²) >= 11 is 0. The highest BCUT2D eigenvalue weighted by Crippen LogP contribution is 2.52. The van der Waals surface area contributed by atoms with Crippen LogP contribution in [0, 0.1) is 29.5 Å². The van der Waals surface area contributed by atoms with Gasteiger partial charge in [0, 0.05) is 57.6 Å². The molecule has 1 aromatic heterocycles. The zero-order valence-electron chi connectivity index (χ0n) is 32.0. The summed E-state index contributed by atoms with van der Waals surface area (Å²) in [6, 6.07) is 2.52.